The molecule has 48 heavy (non-hydrogen) atoms. The first-order valence-corrected chi connectivity index (χ1v) is 20.8. The van der Waals surface area contributed by atoms with E-state index in [0.717, 1.165) is 57.8 Å². The molecule has 0 amide bonds. The molecule has 0 aromatic rings. The molecule has 0 aliphatic heterocycles. The summed E-state index contributed by atoms with van der Waals surface area (Å²) in [6.45, 7) is 3.61. The fourth-order valence-corrected chi connectivity index (χ4v) is 5.57. The Morgan fingerprint density at radius 3 is 1.46 bits per heavy atom. The molecule has 0 bridgehead atoms. The van der Waals surface area contributed by atoms with Gasteiger partial charge >= 0.3 is 19.8 Å². The molecule has 0 unspecified atom stereocenters. The Morgan fingerprint density at radius 1 is 0.542 bits per heavy atom. The molecular formula is C39H71O8P. The van der Waals surface area contributed by atoms with Crippen molar-refractivity contribution >= 4 is 19.8 Å². The van der Waals surface area contributed by atoms with Crippen LogP contribution in [-0.2, 0) is 28.2 Å². The number of hydrogen-bond donors (Lipinski definition) is 2. The maximum atomic E-state index is 12.4. The molecule has 0 radical (unpaired) electrons. The quantitative estimate of drug-likeness (QED) is 0.0290. The highest BCUT2D eigenvalue weighted by Crippen LogP contribution is 2.36. The van der Waals surface area contributed by atoms with Gasteiger partial charge in [-0.15, -0.1) is 0 Å². The minimum absolute atomic E-state index is 0.196. The predicted octanol–water partition coefficient (Wildman–Crippen LogP) is 11.4. The van der Waals surface area contributed by atoms with Gasteiger partial charge in [0.2, 0.25) is 0 Å². The van der Waals surface area contributed by atoms with Crippen LogP contribution in [0.3, 0.4) is 0 Å². The van der Waals surface area contributed by atoms with Gasteiger partial charge in [0.1, 0.15) is 6.61 Å². The van der Waals surface area contributed by atoms with E-state index in [1.165, 1.54) is 89.9 Å². The molecule has 0 aliphatic rings. The second-order valence-corrected chi connectivity index (χ2v) is 14.1. The van der Waals surface area contributed by atoms with Crippen molar-refractivity contribution in [1.29, 1.82) is 0 Å². The van der Waals surface area contributed by atoms with Crippen LogP contribution in [0.2, 0.25) is 0 Å². The van der Waals surface area contributed by atoms with Gasteiger partial charge < -0.3 is 19.3 Å². The lowest BCUT2D eigenvalue weighted by molar-refractivity contribution is -0.161. The summed E-state index contributed by atoms with van der Waals surface area (Å²) in [5.41, 5.74) is 0. The zero-order valence-electron chi connectivity index (χ0n) is 30.6. The molecule has 2 N–H and O–H groups in total. The highest BCUT2D eigenvalue weighted by atomic mass is 31.2. The number of carbonyl (C=O) groups excluding carboxylic acids is 2. The molecule has 0 aromatic heterocycles. The van der Waals surface area contributed by atoms with Crippen LogP contribution in [0.5, 0.6) is 0 Å². The molecule has 8 nitrogen and oxygen atoms in total. The second kappa shape index (κ2) is 35.1. The third kappa shape index (κ3) is 37.1. The van der Waals surface area contributed by atoms with Crippen LogP contribution in [0, 0.1) is 0 Å². The van der Waals surface area contributed by atoms with Gasteiger partial charge in [-0.05, 0) is 64.2 Å². The smallest absolute Gasteiger partial charge is 0.462 e. The van der Waals surface area contributed by atoms with Gasteiger partial charge in [0, 0.05) is 12.8 Å². The maximum absolute atomic E-state index is 12.4. The van der Waals surface area contributed by atoms with Crippen molar-refractivity contribution in [3.8, 4) is 0 Å². The van der Waals surface area contributed by atoms with Gasteiger partial charge in [-0.1, -0.05) is 140 Å². The van der Waals surface area contributed by atoms with Crippen molar-refractivity contribution in [1.82, 2.24) is 0 Å². The van der Waals surface area contributed by atoms with Crippen LogP contribution in [0.15, 0.2) is 36.5 Å². The number of phosphoric acid groups is 1. The molecule has 0 heterocycles. The zero-order valence-corrected chi connectivity index (χ0v) is 31.5. The van der Waals surface area contributed by atoms with Crippen molar-refractivity contribution in [3.05, 3.63) is 36.5 Å². The Morgan fingerprint density at radius 2 is 0.958 bits per heavy atom. The standard InChI is InChI=1S/C39H71O8P/c1-3-5-7-9-11-13-15-17-19-21-23-25-27-29-31-33-38(40)45-35-37(36-46-48(42,43)44)47-39(41)34-32-30-28-26-24-22-20-18-16-14-12-10-8-6-4-2/h9,11-12,14,18,20,37H,3-8,10,13,15-17,19,21-36H2,1-2H3,(H2,42,43,44)/b11-9+,14-12+,20-18+/t37-/m1/s1. The van der Waals surface area contributed by atoms with Crippen molar-refractivity contribution in [2.45, 2.75) is 187 Å². The average molecular weight is 699 g/mol. The summed E-state index contributed by atoms with van der Waals surface area (Å²) < 4.78 is 26.3. The van der Waals surface area contributed by atoms with Crippen LogP contribution in [0.1, 0.15) is 181 Å². The molecule has 0 saturated heterocycles. The normalized spacial score (nSPS) is 12.8. The molecular weight excluding hydrogens is 627 g/mol. The lowest BCUT2D eigenvalue weighted by Gasteiger charge is -2.18. The molecule has 0 spiro atoms. The van der Waals surface area contributed by atoms with Gasteiger partial charge in [-0.3, -0.25) is 14.1 Å². The molecule has 280 valence electrons. The van der Waals surface area contributed by atoms with Gasteiger partial charge in [0.05, 0.1) is 6.61 Å². The summed E-state index contributed by atoms with van der Waals surface area (Å²) in [7, 11) is -4.75. The fourth-order valence-electron chi connectivity index (χ4n) is 5.21. The van der Waals surface area contributed by atoms with Gasteiger partial charge in [0.25, 0.3) is 0 Å². The first-order valence-electron chi connectivity index (χ1n) is 19.3. The minimum Gasteiger partial charge on any atom is -0.462 e. The lowest BCUT2D eigenvalue weighted by atomic mass is 10.1. The van der Waals surface area contributed by atoms with E-state index >= 15 is 0 Å². The first-order chi connectivity index (χ1) is 23.3. The van der Waals surface area contributed by atoms with Crippen molar-refractivity contribution in [3.63, 3.8) is 0 Å². The summed E-state index contributed by atoms with van der Waals surface area (Å²) in [6, 6.07) is 0. The van der Waals surface area contributed by atoms with Gasteiger partial charge in [-0.25, -0.2) is 4.57 Å². The highest BCUT2D eigenvalue weighted by molar-refractivity contribution is 7.46. The molecule has 0 aromatic carbocycles. The Labute approximate surface area is 293 Å². The summed E-state index contributed by atoms with van der Waals surface area (Å²) in [5, 5.41) is 0. The van der Waals surface area contributed by atoms with E-state index in [9.17, 15) is 14.2 Å². The van der Waals surface area contributed by atoms with E-state index < -0.39 is 32.5 Å². The van der Waals surface area contributed by atoms with E-state index in [4.69, 9.17) is 19.3 Å². The van der Waals surface area contributed by atoms with Crippen molar-refractivity contribution in [2.75, 3.05) is 13.2 Å². The van der Waals surface area contributed by atoms with E-state index in [1.54, 1.807) is 0 Å². The molecule has 9 heteroatoms. The molecule has 0 saturated carbocycles. The number of esters is 2. The van der Waals surface area contributed by atoms with Gasteiger partial charge in [-0.2, -0.15) is 0 Å². The van der Waals surface area contributed by atoms with Crippen LogP contribution >= 0.6 is 7.82 Å². The summed E-state index contributed by atoms with van der Waals surface area (Å²) in [5.74, 6) is -0.903. The third-order valence-electron chi connectivity index (χ3n) is 8.13. The Balaban J connectivity index is 3.98. The molecule has 0 fully saturated rings. The van der Waals surface area contributed by atoms with E-state index in [0.29, 0.717) is 6.42 Å². The Hall–Kier alpha value is -1.73. The SMILES string of the molecule is CCCC/C=C/CCCCCCCCCCCC(=O)OC[C@H](COP(=O)(O)O)OC(=O)CCCCCCC/C=C/C/C=C/CCCCC. The molecule has 0 aliphatic carbocycles. The van der Waals surface area contributed by atoms with Crippen molar-refractivity contribution in [2.24, 2.45) is 0 Å². The van der Waals surface area contributed by atoms with E-state index in [2.05, 4.69) is 54.8 Å². The average Bonchev–Trinajstić information content (AvgIpc) is 3.05. The van der Waals surface area contributed by atoms with Crippen LogP contribution in [0.4, 0.5) is 0 Å². The summed E-state index contributed by atoms with van der Waals surface area (Å²) in [6.07, 6.45) is 40.0. The Kier molecular flexibility index (Phi) is 33.8. The summed E-state index contributed by atoms with van der Waals surface area (Å²) >= 11 is 0. The Bertz CT molecular complexity index is 879. The predicted molar refractivity (Wildman–Crippen MR) is 198 cm³/mol. The highest BCUT2D eigenvalue weighted by Gasteiger charge is 2.22. The number of phosphoric ester groups is 1. The monoisotopic (exact) mass is 698 g/mol. The number of ether oxygens (including phenoxy) is 2. The van der Waals surface area contributed by atoms with Crippen LogP contribution in [0.25, 0.3) is 0 Å². The number of unbranched alkanes of at least 4 members (excludes halogenated alkanes) is 19. The first kappa shape index (κ1) is 46.3. The zero-order chi connectivity index (χ0) is 35.4. The van der Waals surface area contributed by atoms with E-state index in [1.807, 2.05) is 0 Å². The molecule has 1 atom stereocenters. The third-order valence-corrected chi connectivity index (χ3v) is 8.62. The fraction of sp³-hybridized carbons (Fsp3) is 0.795. The van der Waals surface area contributed by atoms with Crippen LogP contribution < -0.4 is 0 Å². The van der Waals surface area contributed by atoms with Gasteiger partial charge in [0.15, 0.2) is 6.10 Å². The number of rotatable bonds is 35. The minimum atomic E-state index is -4.75. The largest absolute Gasteiger partial charge is 0.469 e. The number of carbonyl (C=O) groups is 2. The molecule has 0 rings (SSSR count). The number of hydrogen-bond acceptors (Lipinski definition) is 6. The number of allylic oxidation sites excluding steroid dienone is 6. The summed E-state index contributed by atoms with van der Waals surface area (Å²) in [4.78, 5) is 42.7. The maximum Gasteiger partial charge on any atom is 0.469 e. The van der Waals surface area contributed by atoms with Crippen molar-refractivity contribution < 1.29 is 37.9 Å². The second-order valence-electron chi connectivity index (χ2n) is 12.9. The van der Waals surface area contributed by atoms with Crippen LogP contribution in [-0.4, -0.2) is 41.0 Å². The van der Waals surface area contributed by atoms with E-state index in [-0.39, 0.29) is 19.4 Å². The topological polar surface area (TPSA) is 119 Å². The lowest BCUT2D eigenvalue weighted by Crippen LogP contribution is -2.29.